The van der Waals surface area contributed by atoms with Crippen molar-refractivity contribution in [1.82, 2.24) is 0 Å². The minimum atomic E-state index is -5.16. The molecule has 0 heterocycles. The molecule has 0 radical (unpaired) electrons. The molecule has 66 heavy (non-hydrogen) atoms. The SMILES string of the molecule is CC(C)CC1=Cc2c(ccc(C(C)C)c2-c2cc([Si](C)(C)C)cc([Si](C)(C)C)c2)[CH]1[Zr]([Cl])([Cl])([CH]1C(CC(C)C)=Cc2c1ccc(C(C)C)c2-c1cc([Si](C)(C)C)cc([Si](C)(C)C)c1)[SiH](C)C. The second-order valence-corrected chi connectivity index (χ2v) is 89.7. The number of fused-ring (bicyclic) bond motifs is 2. The first-order valence-corrected chi connectivity index (χ1v) is 56.0. The van der Waals surface area contributed by atoms with Crippen molar-refractivity contribution in [3.05, 3.63) is 105 Å². The molecule has 8 heteroatoms. The molecule has 4 aromatic rings. The van der Waals surface area contributed by atoms with Gasteiger partial charge in [-0.3, -0.25) is 0 Å². The maximum absolute atomic E-state index is 9.27. The fourth-order valence-corrected chi connectivity index (χ4v) is 47.7. The fraction of sp³-hybridized carbons (Fsp3) is 0.517. The summed E-state index contributed by atoms with van der Waals surface area (Å²) in [5.41, 5.74) is 17.3. The van der Waals surface area contributed by atoms with Crippen LogP contribution in [-0.2, 0) is 15.6 Å². The molecule has 0 aromatic heterocycles. The summed E-state index contributed by atoms with van der Waals surface area (Å²) in [5.74, 6) is -0.0711. The van der Waals surface area contributed by atoms with E-state index < -0.39 is 53.8 Å². The molecule has 0 nitrogen and oxygen atoms in total. The Morgan fingerprint density at radius 1 is 0.470 bits per heavy atom. The van der Waals surface area contributed by atoms with Crippen molar-refractivity contribution in [3.63, 3.8) is 0 Å². The molecule has 359 valence electrons. The summed E-state index contributed by atoms with van der Waals surface area (Å²) in [6.07, 6.45) is 7.33. The summed E-state index contributed by atoms with van der Waals surface area (Å²) in [6.45, 7) is 54.4. The third kappa shape index (κ3) is 10.3. The van der Waals surface area contributed by atoms with E-state index >= 15 is 0 Å². The monoisotopic (exact) mass is 1090 g/mol. The van der Waals surface area contributed by atoms with Gasteiger partial charge in [0.2, 0.25) is 0 Å². The van der Waals surface area contributed by atoms with Crippen molar-refractivity contribution >= 4 is 88.1 Å². The van der Waals surface area contributed by atoms with Crippen LogP contribution in [0.4, 0.5) is 0 Å². The van der Waals surface area contributed by atoms with Gasteiger partial charge in [-0.05, 0) is 0 Å². The first-order valence-electron chi connectivity index (χ1n) is 25.7. The molecule has 2 unspecified atom stereocenters. The van der Waals surface area contributed by atoms with Gasteiger partial charge in [-0.2, -0.15) is 0 Å². The predicted octanol–water partition coefficient (Wildman–Crippen LogP) is 17.1. The van der Waals surface area contributed by atoms with Crippen molar-refractivity contribution in [2.75, 3.05) is 0 Å². The summed E-state index contributed by atoms with van der Waals surface area (Å²) in [6, 6.07) is 25.6. The number of allylic oxidation sites excluding steroid dienone is 2. The van der Waals surface area contributed by atoms with Gasteiger partial charge >= 0.3 is 422 Å². The van der Waals surface area contributed by atoms with Gasteiger partial charge in [-0.25, -0.2) is 0 Å². The summed E-state index contributed by atoms with van der Waals surface area (Å²) in [7, 11) is 12.0. The number of hydrogen-bond acceptors (Lipinski definition) is 0. The molecule has 0 N–H and O–H groups in total. The molecule has 2 atom stereocenters. The van der Waals surface area contributed by atoms with Gasteiger partial charge in [0.05, 0.1) is 0 Å². The van der Waals surface area contributed by atoms with Gasteiger partial charge in [-0.1, -0.05) is 0 Å². The second kappa shape index (κ2) is 18.8. The zero-order valence-corrected chi connectivity index (χ0v) is 54.8. The Morgan fingerprint density at radius 3 is 0.985 bits per heavy atom. The Morgan fingerprint density at radius 2 is 0.758 bits per heavy atom. The average Bonchev–Trinajstić information content (AvgIpc) is 3.73. The Bertz CT molecular complexity index is 2330. The molecule has 6 rings (SSSR count). The van der Waals surface area contributed by atoms with Gasteiger partial charge < -0.3 is 0 Å². The molecular formula is C58H89Cl2Si5Zr. The van der Waals surface area contributed by atoms with E-state index in [4.69, 9.17) is 0 Å². The van der Waals surface area contributed by atoms with Crippen LogP contribution < -0.4 is 20.7 Å². The first kappa shape index (κ1) is 54.2. The summed E-state index contributed by atoms with van der Waals surface area (Å²) < 4.78 is 0.118. The number of hydrogen-bond donors (Lipinski definition) is 0. The third-order valence-electron chi connectivity index (χ3n) is 15.3. The number of halogens is 2. The zero-order chi connectivity index (χ0) is 49.6. The Labute approximate surface area is 418 Å². The summed E-state index contributed by atoms with van der Waals surface area (Å²) >= 11 is -5.16. The molecule has 0 bridgehead atoms. The predicted molar refractivity (Wildman–Crippen MR) is 315 cm³/mol. The van der Waals surface area contributed by atoms with Crippen molar-refractivity contribution in [2.45, 2.75) is 179 Å². The number of rotatable bonds is 15. The van der Waals surface area contributed by atoms with Gasteiger partial charge in [0.15, 0.2) is 0 Å². The molecule has 4 aromatic carbocycles. The first-order chi connectivity index (χ1) is 30.1. The van der Waals surface area contributed by atoms with Gasteiger partial charge in [0, 0.05) is 0 Å². The topological polar surface area (TPSA) is 0 Å². The standard InChI is InChI=1S/2C28H41Si2.C2H7Si.2ClH.Zr/c2*1-19(2)13-21-14-22-11-12-26(20(3)4)28(27(22)15-21)23-16-24(29(5,6)7)18-25(17-23)30(8,9)10;1-3-2;;;/h2*11-12,14-20H,13H2,1-10H3;3H,1-2H3;2*1H;/q;;;;;+2/p-2. The second-order valence-electron chi connectivity index (χ2n) is 26.9. The van der Waals surface area contributed by atoms with Crippen LogP contribution in [0, 0.1) is 11.8 Å². The van der Waals surface area contributed by atoms with Crippen LogP contribution in [0.15, 0.2) is 71.8 Å². The zero-order valence-electron chi connectivity index (χ0n) is 45.6. The van der Waals surface area contributed by atoms with E-state index in [1.54, 1.807) is 20.7 Å². The minimum absolute atomic E-state index is 0.0592. The summed E-state index contributed by atoms with van der Waals surface area (Å²) in [5, 5.41) is 6.26. The van der Waals surface area contributed by atoms with E-state index in [-0.39, 0.29) is 7.25 Å². The van der Waals surface area contributed by atoms with Gasteiger partial charge in [0.1, 0.15) is 0 Å². The molecule has 0 aliphatic heterocycles. The Hall–Kier alpha value is -1.09. The van der Waals surface area contributed by atoms with Crippen LogP contribution >= 0.6 is 17.0 Å². The van der Waals surface area contributed by atoms with E-state index in [0.29, 0.717) is 23.7 Å². The molecule has 2 aliphatic rings. The van der Waals surface area contributed by atoms with Crippen LogP contribution in [0.25, 0.3) is 34.4 Å². The van der Waals surface area contributed by atoms with Gasteiger partial charge in [0.25, 0.3) is 0 Å². The van der Waals surface area contributed by atoms with Gasteiger partial charge in [-0.15, -0.1) is 0 Å². The molecule has 2 aliphatic carbocycles. The van der Waals surface area contributed by atoms with Crippen LogP contribution in [0.3, 0.4) is 0 Å². The van der Waals surface area contributed by atoms with Crippen molar-refractivity contribution in [3.8, 4) is 22.3 Å². The van der Waals surface area contributed by atoms with E-state index in [1.165, 1.54) is 66.8 Å². The van der Waals surface area contributed by atoms with Crippen molar-refractivity contribution in [2.24, 2.45) is 11.8 Å². The molecule has 0 amide bonds. The normalized spacial score (nSPS) is 17.8. The molecule has 0 fully saturated rings. The molecular weight excluding hydrogens is 999 g/mol. The quantitative estimate of drug-likeness (QED) is 0.104. The van der Waals surface area contributed by atoms with Crippen LogP contribution in [0.2, 0.25) is 91.7 Å². The Balaban J connectivity index is 1.74. The van der Waals surface area contributed by atoms with Crippen molar-refractivity contribution < 1.29 is 15.6 Å². The molecule has 0 saturated carbocycles. The van der Waals surface area contributed by atoms with E-state index in [9.17, 15) is 17.0 Å². The van der Waals surface area contributed by atoms with E-state index in [1.807, 2.05) is 0 Å². The maximum atomic E-state index is 9.27. The number of benzene rings is 4. The molecule has 0 saturated heterocycles. The van der Waals surface area contributed by atoms with E-state index in [0.717, 1.165) is 12.8 Å². The van der Waals surface area contributed by atoms with Crippen LogP contribution in [0.1, 0.15) is 121 Å². The van der Waals surface area contributed by atoms with Crippen LogP contribution in [0.5, 0.6) is 0 Å². The Kier molecular flexibility index (Phi) is 15.5. The van der Waals surface area contributed by atoms with E-state index in [2.05, 4.69) is 220 Å². The fourth-order valence-electron chi connectivity index (χ4n) is 11.4. The molecule has 0 spiro atoms. The van der Waals surface area contributed by atoms with Crippen molar-refractivity contribution in [1.29, 1.82) is 0 Å². The third-order valence-corrected chi connectivity index (χ3v) is 75.2. The average molecular weight is 1090 g/mol. The van der Waals surface area contributed by atoms with Crippen LogP contribution in [-0.4, -0.2) is 38.2 Å². The summed E-state index contributed by atoms with van der Waals surface area (Å²) in [4.78, 5) is 0.